The molecule has 1 fully saturated rings. The van der Waals surface area contributed by atoms with Gasteiger partial charge in [0.2, 0.25) is 11.8 Å². The molecule has 21 heavy (non-hydrogen) atoms. The zero-order valence-electron chi connectivity index (χ0n) is 12.2. The molecule has 0 aliphatic carbocycles. The van der Waals surface area contributed by atoms with Gasteiger partial charge >= 0.3 is 0 Å². The van der Waals surface area contributed by atoms with E-state index >= 15 is 0 Å². The van der Waals surface area contributed by atoms with E-state index in [1.807, 2.05) is 19.1 Å². The average Bonchev–Trinajstić information content (AvgIpc) is 2.85. The summed E-state index contributed by atoms with van der Waals surface area (Å²) in [7, 11) is 0. The zero-order chi connectivity index (χ0) is 15.2. The number of nitrogens with zero attached hydrogens (tertiary/aromatic N) is 1. The molecule has 0 aromatic heterocycles. The summed E-state index contributed by atoms with van der Waals surface area (Å²) in [5.41, 5.74) is 7.86. The van der Waals surface area contributed by atoms with Crippen molar-refractivity contribution in [3.63, 3.8) is 0 Å². The fourth-order valence-electron chi connectivity index (χ4n) is 2.38. The SMILES string of the molecule is Cc1cc(NC(=O)COCCN)ccc1N1CCCC1=O. The van der Waals surface area contributed by atoms with E-state index in [1.165, 1.54) is 0 Å². The lowest BCUT2D eigenvalue weighted by atomic mass is 10.1. The maximum absolute atomic E-state index is 11.8. The van der Waals surface area contributed by atoms with E-state index in [4.69, 9.17) is 10.5 Å². The molecule has 1 aromatic carbocycles. The van der Waals surface area contributed by atoms with Gasteiger partial charge in [-0.3, -0.25) is 9.59 Å². The standard InChI is InChI=1S/C15H21N3O3/c1-11-9-12(17-14(19)10-21-8-6-16)4-5-13(11)18-7-2-3-15(18)20/h4-5,9H,2-3,6-8,10,16H2,1H3,(H,17,19). The lowest BCUT2D eigenvalue weighted by Gasteiger charge is -2.19. The van der Waals surface area contributed by atoms with Crippen molar-refractivity contribution in [1.82, 2.24) is 0 Å². The average molecular weight is 291 g/mol. The van der Waals surface area contributed by atoms with Gasteiger partial charge in [-0.05, 0) is 37.1 Å². The molecule has 0 radical (unpaired) electrons. The van der Waals surface area contributed by atoms with Crippen molar-refractivity contribution in [2.45, 2.75) is 19.8 Å². The molecule has 0 atom stereocenters. The maximum Gasteiger partial charge on any atom is 0.250 e. The van der Waals surface area contributed by atoms with Gasteiger partial charge in [-0.2, -0.15) is 0 Å². The number of amides is 2. The minimum Gasteiger partial charge on any atom is -0.370 e. The second-order valence-corrected chi connectivity index (χ2v) is 5.04. The van der Waals surface area contributed by atoms with Gasteiger partial charge in [0.25, 0.3) is 0 Å². The molecule has 3 N–H and O–H groups in total. The molecule has 1 aromatic rings. The summed E-state index contributed by atoms with van der Waals surface area (Å²) in [5.74, 6) is -0.0575. The van der Waals surface area contributed by atoms with Crippen molar-refractivity contribution in [3.8, 4) is 0 Å². The number of hydrogen-bond donors (Lipinski definition) is 2. The number of benzene rings is 1. The number of carbonyl (C=O) groups excluding carboxylic acids is 2. The van der Waals surface area contributed by atoms with Crippen molar-refractivity contribution in [3.05, 3.63) is 23.8 Å². The molecule has 0 unspecified atom stereocenters. The molecule has 6 heteroatoms. The quantitative estimate of drug-likeness (QED) is 0.767. The topological polar surface area (TPSA) is 84.7 Å². The lowest BCUT2D eigenvalue weighted by molar-refractivity contribution is -0.120. The van der Waals surface area contributed by atoms with Gasteiger partial charge in [0.1, 0.15) is 6.61 Å². The summed E-state index contributed by atoms with van der Waals surface area (Å²) in [6.45, 7) is 3.44. The third-order valence-corrected chi connectivity index (χ3v) is 3.34. The second kappa shape index (κ2) is 7.19. The molecule has 0 saturated carbocycles. The minimum atomic E-state index is -0.215. The van der Waals surface area contributed by atoms with E-state index < -0.39 is 0 Å². The van der Waals surface area contributed by atoms with Gasteiger partial charge in [-0.1, -0.05) is 0 Å². The zero-order valence-corrected chi connectivity index (χ0v) is 12.2. The van der Waals surface area contributed by atoms with E-state index in [2.05, 4.69) is 5.32 Å². The van der Waals surface area contributed by atoms with Crippen molar-refractivity contribution in [2.24, 2.45) is 5.73 Å². The van der Waals surface area contributed by atoms with E-state index in [0.29, 0.717) is 25.3 Å². The molecule has 0 spiro atoms. The summed E-state index contributed by atoms with van der Waals surface area (Å²) < 4.78 is 5.08. The maximum atomic E-state index is 11.8. The molecule has 6 nitrogen and oxygen atoms in total. The van der Waals surface area contributed by atoms with Crippen LogP contribution in [-0.2, 0) is 14.3 Å². The van der Waals surface area contributed by atoms with Crippen LogP contribution in [0.4, 0.5) is 11.4 Å². The molecule has 0 bridgehead atoms. The van der Waals surface area contributed by atoms with Crippen LogP contribution < -0.4 is 16.0 Å². The van der Waals surface area contributed by atoms with Crippen LogP contribution in [-0.4, -0.2) is 38.1 Å². The second-order valence-electron chi connectivity index (χ2n) is 5.04. The smallest absolute Gasteiger partial charge is 0.250 e. The first-order chi connectivity index (χ1) is 10.1. The Bertz CT molecular complexity index is 531. The molecular formula is C15H21N3O3. The van der Waals surface area contributed by atoms with Gasteiger partial charge in [0, 0.05) is 30.9 Å². The van der Waals surface area contributed by atoms with Crippen molar-refractivity contribution in [1.29, 1.82) is 0 Å². The van der Waals surface area contributed by atoms with Crippen LogP contribution >= 0.6 is 0 Å². The molecule has 114 valence electrons. The number of nitrogens with one attached hydrogen (secondary N) is 1. The molecule has 2 amide bonds. The molecule has 1 aliphatic heterocycles. The number of anilines is 2. The molecular weight excluding hydrogens is 270 g/mol. The van der Waals surface area contributed by atoms with Gasteiger partial charge in [-0.15, -0.1) is 0 Å². The normalized spacial score (nSPS) is 14.6. The van der Waals surface area contributed by atoms with Gasteiger partial charge in [-0.25, -0.2) is 0 Å². The molecule has 1 aliphatic rings. The van der Waals surface area contributed by atoms with Crippen LogP contribution in [0.2, 0.25) is 0 Å². The van der Waals surface area contributed by atoms with Crippen LogP contribution in [0.3, 0.4) is 0 Å². The first-order valence-electron chi connectivity index (χ1n) is 7.10. The first-order valence-corrected chi connectivity index (χ1v) is 7.10. The van der Waals surface area contributed by atoms with Gasteiger partial charge in [0.15, 0.2) is 0 Å². The highest BCUT2D eigenvalue weighted by molar-refractivity contribution is 5.97. The number of carbonyl (C=O) groups is 2. The Morgan fingerprint density at radius 3 is 2.90 bits per heavy atom. The highest BCUT2D eigenvalue weighted by atomic mass is 16.5. The van der Waals surface area contributed by atoms with Crippen molar-refractivity contribution in [2.75, 3.05) is 36.5 Å². The van der Waals surface area contributed by atoms with E-state index in [-0.39, 0.29) is 18.4 Å². The molecule has 1 saturated heterocycles. The van der Waals surface area contributed by atoms with Crippen LogP contribution in [0.25, 0.3) is 0 Å². The number of rotatable bonds is 6. The fraction of sp³-hybridized carbons (Fsp3) is 0.467. The van der Waals surface area contributed by atoms with E-state index in [0.717, 1.165) is 24.2 Å². The number of nitrogens with two attached hydrogens (primary N) is 1. The third-order valence-electron chi connectivity index (χ3n) is 3.34. The van der Waals surface area contributed by atoms with Crippen LogP contribution in [0, 0.1) is 6.92 Å². The van der Waals surface area contributed by atoms with Crippen LogP contribution in [0.15, 0.2) is 18.2 Å². The Balaban J connectivity index is 1.98. The lowest BCUT2D eigenvalue weighted by Crippen LogP contribution is -2.24. The predicted molar refractivity (Wildman–Crippen MR) is 81.3 cm³/mol. The fourth-order valence-corrected chi connectivity index (χ4v) is 2.38. The van der Waals surface area contributed by atoms with Crippen molar-refractivity contribution < 1.29 is 14.3 Å². The Morgan fingerprint density at radius 2 is 2.29 bits per heavy atom. The number of hydrogen-bond acceptors (Lipinski definition) is 4. The largest absolute Gasteiger partial charge is 0.370 e. The molecule has 2 rings (SSSR count). The Labute approximate surface area is 124 Å². The highest BCUT2D eigenvalue weighted by Crippen LogP contribution is 2.27. The first kappa shape index (κ1) is 15.5. The Morgan fingerprint density at radius 1 is 1.48 bits per heavy atom. The monoisotopic (exact) mass is 291 g/mol. The summed E-state index contributed by atoms with van der Waals surface area (Å²) in [6.07, 6.45) is 1.51. The van der Waals surface area contributed by atoms with E-state index in [9.17, 15) is 9.59 Å². The summed E-state index contributed by atoms with van der Waals surface area (Å²) in [5, 5.41) is 2.76. The number of ether oxygens (including phenoxy) is 1. The van der Waals surface area contributed by atoms with Crippen LogP contribution in [0.5, 0.6) is 0 Å². The predicted octanol–water partition coefficient (Wildman–Crippen LogP) is 1.04. The minimum absolute atomic E-state index is 0.0113. The summed E-state index contributed by atoms with van der Waals surface area (Å²) >= 11 is 0. The van der Waals surface area contributed by atoms with Crippen LogP contribution in [0.1, 0.15) is 18.4 Å². The summed E-state index contributed by atoms with van der Waals surface area (Å²) in [6, 6.07) is 5.53. The number of aryl methyl sites for hydroxylation is 1. The Kier molecular flexibility index (Phi) is 5.30. The highest BCUT2D eigenvalue weighted by Gasteiger charge is 2.22. The van der Waals surface area contributed by atoms with Gasteiger partial charge in [0.05, 0.1) is 6.61 Å². The van der Waals surface area contributed by atoms with Gasteiger partial charge < -0.3 is 20.7 Å². The van der Waals surface area contributed by atoms with E-state index in [1.54, 1.807) is 11.0 Å². The summed E-state index contributed by atoms with van der Waals surface area (Å²) in [4.78, 5) is 25.2. The Hall–Kier alpha value is -1.92. The molecule has 1 heterocycles. The van der Waals surface area contributed by atoms with Crippen molar-refractivity contribution >= 4 is 23.2 Å². The third kappa shape index (κ3) is 4.03.